The third-order valence-corrected chi connectivity index (χ3v) is 1.95. The van der Waals surface area contributed by atoms with Crippen LogP contribution in [-0.4, -0.2) is 0 Å². The smallest absolute Gasteiger partial charge is 0.00275 e. The van der Waals surface area contributed by atoms with Crippen LogP contribution < -0.4 is 0 Å². The fraction of sp³-hybridized carbons (Fsp3) is 0.444. The van der Waals surface area contributed by atoms with Crippen LogP contribution in [0, 0.1) is 5.92 Å². The monoisotopic (exact) mass is 120 g/mol. The zero-order valence-electron chi connectivity index (χ0n) is 6.23. The van der Waals surface area contributed by atoms with Gasteiger partial charge >= 0.3 is 0 Å². The molecule has 0 aliphatic heterocycles. The van der Waals surface area contributed by atoms with Gasteiger partial charge in [0.1, 0.15) is 0 Å². The lowest BCUT2D eigenvalue weighted by atomic mass is 9.95. The van der Waals surface area contributed by atoms with Crippen LogP contribution in [0.1, 0.15) is 20.8 Å². The van der Waals surface area contributed by atoms with Gasteiger partial charge in [0.25, 0.3) is 0 Å². The standard InChI is InChI=1S/C9H12/c1-7-5-4-6-8(2)9(7)3/h5-7H,1-3H3. The fourth-order valence-electron chi connectivity index (χ4n) is 0.915. The maximum atomic E-state index is 3.11. The van der Waals surface area contributed by atoms with Crippen molar-refractivity contribution in [1.82, 2.24) is 0 Å². The van der Waals surface area contributed by atoms with Crippen LogP contribution in [0.4, 0.5) is 0 Å². The summed E-state index contributed by atoms with van der Waals surface area (Å²) >= 11 is 0. The molecule has 0 nitrogen and oxygen atoms in total. The van der Waals surface area contributed by atoms with Crippen molar-refractivity contribution in [2.45, 2.75) is 20.8 Å². The topological polar surface area (TPSA) is 0 Å². The van der Waals surface area contributed by atoms with Gasteiger partial charge in [0.05, 0.1) is 0 Å². The highest BCUT2D eigenvalue weighted by atomic mass is 14.1. The van der Waals surface area contributed by atoms with Crippen LogP contribution in [0.2, 0.25) is 0 Å². The first-order valence-corrected chi connectivity index (χ1v) is 3.32. The second-order valence-corrected chi connectivity index (χ2v) is 2.63. The number of allylic oxidation sites excluding steroid dienone is 3. The molecular weight excluding hydrogens is 108 g/mol. The molecule has 0 aromatic rings. The van der Waals surface area contributed by atoms with E-state index in [1.165, 1.54) is 11.1 Å². The third kappa shape index (κ3) is 1.14. The lowest BCUT2D eigenvalue weighted by Gasteiger charge is -2.10. The number of hydrogen-bond donors (Lipinski definition) is 0. The summed E-state index contributed by atoms with van der Waals surface area (Å²) in [6, 6.07) is 0. The molecule has 0 aromatic heterocycles. The van der Waals surface area contributed by atoms with Crippen molar-refractivity contribution >= 4 is 0 Å². The van der Waals surface area contributed by atoms with Gasteiger partial charge in [-0.1, -0.05) is 12.5 Å². The Morgan fingerprint density at radius 3 is 2.56 bits per heavy atom. The van der Waals surface area contributed by atoms with Gasteiger partial charge in [0.15, 0.2) is 0 Å². The summed E-state index contributed by atoms with van der Waals surface area (Å²) in [6.07, 6.45) is 4.14. The predicted molar refractivity (Wildman–Crippen MR) is 40.2 cm³/mol. The largest absolute Gasteiger partial charge is 0.124 e. The molecule has 1 aliphatic rings. The predicted octanol–water partition coefficient (Wildman–Crippen LogP) is 2.68. The Morgan fingerprint density at radius 2 is 2.11 bits per heavy atom. The van der Waals surface area contributed by atoms with Gasteiger partial charge in [0, 0.05) is 5.92 Å². The van der Waals surface area contributed by atoms with Crippen LogP contribution in [0.25, 0.3) is 0 Å². The Kier molecular flexibility index (Phi) is 1.59. The highest BCUT2D eigenvalue weighted by Gasteiger charge is 2.03. The second-order valence-electron chi connectivity index (χ2n) is 2.63. The van der Waals surface area contributed by atoms with Crippen molar-refractivity contribution in [2.75, 3.05) is 0 Å². The lowest BCUT2D eigenvalue weighted by molar-refractivity contribution is 0.845. The number of hydrogen-bond acceptors (Lipinski definition) is 0. The molecule has 48 valence electrons. The Morgan fingerprint density at radius 1 is 1.44 bits per heavy atom. The zero-order chi connectivity index (χ0) is 6.85. The summed E-state index contributed by atoms with van der Waals surface area (Å²) < 4.78 is 0. The summed E-state index contributed by atoms with van der Waals surface area (Å²) in [5.74, 6) is 0.593. The lowest BCUT2D eigenvalue weighted by Crippen LogP contribution is -1.95. The fourth-order valence-corrected chi connectivity index (χ4v) is 0.915. The molecule has 0 fully saturated rings. The SMILES string of the molecule is CC1=C(C)C(C)C=C=C1. The molecule has 0 heterocycles. The summed E-state index contributed by atoms with van der Waals surface area (Å²) in [4.78, 5) is 0. The average molecular weight is 120 g/mol. The minimum atomic E-state index is 0.593. The van der Waals surface area contributed by atoms with Gasteiger partial charge in [-0.05, 0) is 31.6 Å². The van der Waals surface area contributed by atoms with E-state index in [4.69, 9.17) is 0 Å². The van der Waals surface area contributed by atoms with Crippen LogP contribution in [0.5, 0.6) is 0 Å². The van der Waals surface area contributed by atoms with Gasteiger partial charge in [-0.25, -0.2) is 0 Å². The van der Waals surface area contributed by atoms with Gasteiger partial charge < -0.3 is 0 Å². The Labute approximate surface area is 56.6 Å². The van der Waals surface area contributed by atoms with Crippen LogP contribution in [-0.2, 0) is 0 Å². The summed E-state index contributed by atoms with van der Waals surface area (Å²) in [6.45, 7) is 6.50. The normalized spacial score (nSPS) is 25.4. The molecule has 0 saturated heterocycles. The maximum Gasteiger partial charge on any atom is 0.00275 e. The Hall–Kier alpha value is -0.740. The molecule has 1 aliphatic carbocycles. The highest BCUT2D eigenvalue weighted by molar-refractivity contribution is 5.29. The molecule has 0 aromatic carbocycles. The van der Waals surface area contributed by atoms with E-state index in [-0.39, 0.29) is 0 Å². The van der Waals surface area contributed by atoms with E-state index in [1.54, 1.807) is 0 Å². The van der Waals surface area contributed by atoms with E-state index in [1.807, 2.05) is 6.08 Å². The highest BCUT2D eigenvalue weighted by Crippen LogP contribution is 2.18. The second kappa shape index (κ2) is 2.24. The van der Waals surface area contributed by atoms with Crippen molar-refractivity contribution < 1.29 is 0 Å². The molecule has 1 rings (SSSR count). The van der Waals surface area contributed by atoms with E-state index in [9.17, 15) is 0 Å². The summed E-state index contributed by atoms with van der Waals surface area (Å²) in [5.41, 5.74) is 5.94. The first-order valence-electron chi connectivity index (χ1n) is 3.32. The quantitative estimate of drug-likeness (QED) is 0.431. The maximum absolute atomic E-state index is 3.11. The minimum Gasteiger partial charge on any atom is -0.124 e. The third-order valence-electron chi connectivity index (χ3n) is 1.95. The minimum absolute atomic E-state index is 0.593. The van der Waals surface area contributed by atoms with Crippen molar-refractivity contribution in [3.8, 4) is 0 Å². The molecule has 0 saturated carbocycles. The Balaban J connectivity index is 3.01. The van der Waals surface area contributed by atoms with E-state index < -0.39 is 0 Å². The van der Waals surface area contributed by atoms with Gasteiger partial charge in [-0.2, -0.15) is 0 Å². The van der Waals surface area contributed by atoms with Gasteiger partial charge in [-0.15, -0.1) is 5.73 Å². The molecule has 0 bridgehead atoms. The molecule has 1 atom stereocenters. The van der Waals surface area contributed by atoms with Crippen molar-refractivity contribution in [2.24, 2.45) is 5.92 Å². The molecule has 0 N–H and O–H groups in total. The van der Waals surface area contributed by atoms with Crippen molar-refractivity contribution in [3.05, 3.63) is 29.0 Å². The van der Waals surface area contributed by atoms with E-state index in [2.05, 4.69) is 32.6 Å². The molecule has 0 heteroatoms. The molecule has 9 heavy (non-hydrogen) atoms. The average Bonchev–Trinajstić information content (AvgIpc) is 1.83. The van der Waals surface area contributed by atoms with E-state index >= 15 is 0 Å². The van der Waals surface area contributed by atoms with Crippen LogP contribution >= 0.6 is 0 Å². The van der Waals surface area contributed by atoms with E-state index in [0.29, 0.717) is 5.92 Å². The number of rotatable bonds is 0. The van der Waals surface area contributed by atoms with Crippen molar-refractivity contribution in [3.63, 3.8) is 0 Å². The van der Waals surface area contributed by atoms with Crippen LogP contribution in [0.15, 0.2) is 29.0 Å². The zero-order valence-corrected chi connectivity index (χ0v) is 6.23. The molecule has 1 unspecified atom stereocenters. The molecular formula is C9H12. The molecule has 0 radical (unpaired) electrons. The van der Waals surface area contributed by atoms with E-state index in [0.717, 1.165) is 0 Å². The first-order chi connectivity index (χ1) is 4.22. The van der Waals surface area contributed by atoms with Gasteiger partial charge in [-0.3, -0.25) is 0 Å². The first kappa shape index (κ1) is 6.38. The Bertz CT molecular complexity index is 200. The van der Waals surface area contributed by atoms with Gasteiger partial charge in [0.2, 0.25) is 0 Å². The molecule has 0 amide bonds. The van der Waals surface area contributed by atoms with Crippen LogP contribution in [0.3, 0.4) is 0 Å². The summed E-state index contributed by atoms with van der Waals surface area (Å²) in [5, 5.41) is 0. The summed E-state index contributed by atoms with van der Waals surface area (Å²) in [7, 11) is 0. The van der Waals surface area contributed by atoms with Crippen molar-refractivity contribution in [1.29, 1.82) is 0 Å². The molecule has 0 spiro atoms.